The second-order valence-electron chi connectivity index (χ2n) is 8.34. The average molecular weight is 458 g/mol. The lowest BCUT2D eigenvalue weighted by Crippen LogP contribution is -2.42. The second-order valence-corrected chi connectivity index (χ2v) is 8.96. The number of benzene rings is 1. The molecule has 8 heteroatoms. The van der Waals surface area contributed by atoms with Crippen molar-refractivity contribution in [1.29, 1.82) is 0 Å². The molecule has 4 rings (SSSR count). The maximum absolute atomic E-state index is 14.7. The van der Waals surface area contributed by atoms with Gasteiger partial charge >= 0.3 is 5.97 Å². The Morgan fingerprint density at radius 3 is 2.78 bits per heavy atom. The van der Waals surface area contributed by atoms with Crippen LogP contribution in [0, 0.1) is 11.7 Å². The molecule has 170 valence electrons. The standard InChI is InChI=1S/C24H28FN3O3S/c1-2-31-22(29)15-28-12-9-18(26-28)13-17-14-27(11-10-21(17)32)23(24(30)16-7-8-16)19-5-3-4-6-20(19)25/h3-6,9,12-13,16,21,23,32H,2,7-8,10-11,14-15H2,1H3/b17-13+. The lowest BCUT2D eigenvalue weighted by atomic mass is 9.93. The van der Waals surface area contributed by atoms with Gasteiger partial charge in [-0.25, -0.2) is 4.39 Å². The van der Waals surface area contributed by atoms with E-state index in [4.69, 9.17) is 17.4 Å². The number of likely N-dealkylation sites (tertiary alicyclic amines) is 1. The Bertz CT molecular complexity index is 1020. The molecule has 0 amide bonds. The van der Waals surface area contributed by atoms with E-state index in [2.05, 4.69) is 10.00 Å². The van der Waals surface area contributed by atoms with E-state index in [9.17, 15) is 14.0 Å². The first-order valence-corrected chi connectivity index (χ1v) is 11.6. The number of nitrogens with zero attached hydrogens (tertiary/aromatic N) is 3. The van der Waals surface area contributed by atoms with E-state index in [0.717, 1.165) is 24.8 Å². The quantitative estimate of drug-likeness (QED) is 0.484. The molecular weight excluding hydrogens is 429 g/mol. The molecule has 6 nitrogen and oxygen atoms in total. The number of esters is 1. The Kier molecular flexibility index (Phi) is 7.10. The summed E-state index contributed by atoms with van der Waals surface area (Å²) in [6, 6.07) is 7.80. The third-order valence-corrected chi connectivity index (χ3v) is 6.50. The van der Waals surface area contributed by atoms with E-state index >= 15 is 0 Å². The summed E-state index contributed by atoms with van der Waals surface area (Å²) in [5.41, 5.74) is 2.17. The molecule has 0 spiro atoms. The number of piperidine rings is 1. The molecule has 1 aromatic carbocycles. The van der Waals surface area contributed by atoms with Gasteiger partial charge in [-0.1, -0.05) is 18.2 Å². The van der Waals surface area contributed by atoms with E-state index in [0.29, 0.717) is 31.0 Å². The highest BCUT2D eigenvalue weighted by Crippen LogP contribution is 2.39. The molecule has 1 saturated carbocycles. The van der Waals surface area contributed by atoms with Crippen molar-refractivity contribution in [3.05, 3.63) is 59.2 Å². The molecule has 2 fully saturated rings. The first kappa shape index (κ1) is 22.7. The van der Waals surface area contributed by atoms with Crippen LogP contribution in [0.1, 0.15) is 43.5 Å². The third-order valence-electron chi connectivity index (χ3n) is 5.91. The van der Waals surface area contributed by atoms with E-state index in [1.807, 2.05) is 12.1 Å². The van der Waals surface area contributed by atoms with Crippen LogP contribution in [0.25, 0.3) is 6.08 Å². The molecule has 1 aromatic heterocycles. The minimum Gasteiger partial charge on any atom is -0.465 e. The van der Waals surface area contributed by atoms with Gasteiger partial charge in [0.25, 0.3) is 0 Å². The highest BCUT2D eigenvalue weighted by atomic mass is 32.1. The monoisotopic (exact) mass is 457 g/mol. The fraction of sp³-hybridized carbons (Fsp3) is 0.458. The van der Waals surface area contributed by atoms with Crippen molar-refractivity contribution >= 4 is 30.5 Å². The predicted molar refractivity (Wildman–Crippen MR) is 123 cm³/mol. The lowest BCUT2D eigenvalue weighted by molar-refractivity contribution is -0.144. The van der Waals surface area contributed by atoms with Crippen LogP contribution in [0.4, 0.5) is 4.39 Å². The largest absolute Gasteiger partial charge is 0.465 e. The summed E-state index contributed by atoms with van der Waals surface area (Å²) in [6.45, 7) is 3.33. The predicted octanol–water partition coefficient (Wildman–Crippen LogP) is 3.69. The summed E-state index contributed by atoms with van der Waals surface area (Å²) in [5.74, 6) is -0.551. The number of halogens is 1. The number of hydrogen-bond acceptors (Lipinski definition) is 6. The van der Waals surface area contributed by atoms with Crippen LogP contribution in [-0.2, 0) is 20.9 Å². The number of thiol groups is 1. The first-order valence-electron chi connectivity index (χ1n) is 11.1. The fourth-order valence-corrected chi connectivity index (χ4v) is 4.42. The van der Waals surface area contributed by atoms with Crippen molar-refractivity contribution < 1.29 is 18.7 Å². The topological polar surface area (TPSA) is 64.4 Å². The Labute approximate surface area is 192 Å². The molecule has 0 radical (unpaired) electrons. The summed E-state index contributed by atoms with van der Waals surface area (Å²) in [5, 5.41) is 4.46. The van der Waals surface area contributed by atoms with Crippen molar-refractivity contribution in [1.82, 2.24) is 14.7 Å². The van der Waals surface area contributed by atoms with E-state index < -0.39 is 6.04 Å². The lowest BCUT2D eigenvalue weighted by Gasteiger charge is -2.37. The number of Topliss-reactive ketones (excluding diaryl/α,β-unsaturated/α-hetero) is 1. The van der Waals surface area contributed by atoms with E-state index in [1.54, 1.807) is 31.3 Å². The van der Waals surface area contributed by atoms with Crippen molar-refractivity contribution in [2.75, 3.05) is 19.7 Å². The van der Waals surface area contributed by atoms with Crippen molar-refractivity contribution in [3.63, 3.8) is 0 Å². The Hall–Kier alpha value is -2.45. The molecular formula is C24H28FN3O3S. The Balaban J connectivity index is 1.55. The SMILES string of the molecule is CCOC(=O)Cn1ccc(/C=C2\CN(C(C(=O)C3CC3)c3ccccc3F)CCC2S)n1. The van der Waals surface area contributed by atoms with Gasteiger partial charge in [0, 0.05) is 36.0 Å². The van der Waals surface area contributed by atoms with Crippen LogP contribution in [-0.4, -0.2) is 51.4 Å². The van der Waals surface area contributed by atoms with Gasteiger partial charge in [-0.05, 0) is 50.0 Å². The highest BCUT2D eigenvalue weighted by molar-refractivity contribution is 7.81. The van der Waals surface area contributed by atoms with Crippen molar-refractivity contribution in [2.45, 2.75) is 44.0 Å². The van der Waals surface area contributed by atoms with Crippen LogP contribution in [0.2, 0.25) is 0 Å². The smallest absolute Gasteiger partial charge is 0.327 e. The zero-order chi connectivity index (χ0) is 22.7. The summed E-state index contributed by atoms with van der Waals surface area (Å²) in [7, 11) is 0. The van der Waals surface area contributed by atoms with Gasteiger partial charge in [0.15, 0.2) is 5.78 Å². The number of ether oxygens (including phenoxy) is 1. The van der Waals surface area contributed by atoms with Crippen LogP contribution >= 0.6 is 12.6 Å². The number of ketones is 1. The molecule has 1 saturated heterocycles. The van der Waals surface area contributed by atoms with Crippen LogP contribution in [0.3, 0.4) is 0 Å². The average Bonchev–Trinajstić information content (AvgIpc) is 3.53. The minimum absolute atomic E-state index is 0.0266. The zero-order valence-corrected chi connectivity index (χ0v) is 19.0. The highest BCUT2D eigenvalue weighted by Gasteiger charge is 2.40. The molecule has 2 heterocycles. The Morgan fingerprint density at radius 1 is 1.28 bits per heavy atom. The third kappa shape index (κ3) is 5.30. The van der Waals surface area contributed by atoms with Crippen molar-refractivity contribution in [2.24, 2.45) is 5.92 Å². The Morgan fingerprint density at radius 2 is 2.06 bits per heavy atom. The molecule has 0 N–H and O–H groups in total. The van der Waals surface area contributed by atoms with Crippen LogP contribution in [0.5, 0.6) is 0 Å². The van der Waals surface area contributed by atoms with Crippen molar-refractivity contribution in [3.8, 4) is 0 Å². The van der Waals surface area contributed by atoms with Crippen LogP contribution < -0.4 is 0 Å². The van der Waals surface area contributed by atoms with Gasteiger partial charge in [0.05, 0.1) is 18.3 Å². The molecule has 2 aliphatic rings. The van der Waals surface area contributed by atoms with Gasteiger partial charge in [-0.3, -0.25) is 19.2 Å². The summed E-state index contributed by atoms with van der Waals surface area (Å²) >= 11 is 4.74. The maximum atomic E-state index is 14.7. The molecule has 1 aliphatic carbocycles. The second kappa shape index (κ2) is 10.0. The van der Waals surface area contributed by atoms with E-state index in [1.165, 1.54) is 10.7 Å². The van der Waals surface area contributed by atoms with Gasteiger partial charge in [-0.15, -0.1) is 0 Å². The molecule has 2 aromatic rings. The first-order chi connectivity index (χ1) is 15.5. The molecule has 1 aliphatic heterocycles. The molecule has 32 heavy (non-hydrogen) atoms. The van der Waals surface area contributed by atoms with Gasteiger partial charge < -0.3 is 4.74 Å². The fourth-order valence-electron chi connectivity index (χ4n) is 4.14. The van der Waals surface area contributed by atoms with E-state index in [-0.39, 0.29) is 35.3 Å². The van der Waals surface area contributed by atoms with Gasteiger partial charge in [0.1, 0.15) is 12.4 Å². The zero-order valence-electron chi connectivity index (χ0n) is 18.1. The molecule has 2 atom stereocenters. The summed E-state index contributed by atoms with van der Waals surface area (Å²) in [6.07, 6.45) is 6.20. The number of hydrogen-bond donors (Lipinski definition) is 1. The van der Waals surface area contributed by atoms with Crippen LogP contribution in [0.15, 0.2) is 42.1 Å². The number of rotatable bonds is 8. The molecule has 2 unspecified atom stereocenters. The number of aromatic nitrogens is 2. The van der Waals surface area contributed by atoms with Gasteiger partial charge in [-0.2, -0.15) is 17.7 Å². The molecule has 0 bridgehead atoms. The van der Waals surface area contributed by atoms with Gasteiger partial charge in [0.2, 0.25) is 0 Å². The number of carbonyl (C=O) groups excluding carboxylic acids is 2. The normalized spacial score (nSPS) is 21.5. The summed E-state index contributed by atoms with van der Waals surface area (Å²) in [4.78, 5) is 26.9. The minimum atomic E-state index is -0.589. The summed E-state index contributed by atoms with van der Waals surface area (Å²) < 4.78 is 21.2. The maximum Gasteiger partial charge on any atom is 0.327 e. The number of carbonyl (C=O) groups is 2.